The average Bonchev–Trinajstić information content (AvgIpc) is 2.87. The zero-order valence-corrected chi connectivity index (χ0v) is 10.00. The van der Waals surface area contributed by atoms with Gasteiger partial charge in [0.25, 0.3) is 0 Å². The topological polar surface area (TPSA) is 58.4 Å². The van der Waals surface area contributed by atoms with Crippen molar-refractivity contribution in [3.8, 4) is 0 Å². The lowest BCUT2D eigenvalue weighted by molar-refractivity contribution is -0.380. The first-order chi connectivity index (χ1) is 7.69. The molecule has 0 aliphatic carbocycles. The minimum atomic E-state index is -0.325. The van der Waals surface area contributed by atoms with E-state index in [1.807, 2.05) is 13.1 Å². The van der Waals surface area contributed by atoms with Gasteiger partial charge in [-0.25, -0.2) is 0 Å². The fourth-order valence-electron chi connectivity index (χ4n) is 1.98. The van der Waals surface area contributed by atoms with Crippen molar-refractivity contribution in [2.75, 3.05) is 20.1 Å². The Kier molecular flexibility index (Phi) is 3.52. The van der Waals surface area contributed by atoms with Gasteiger partial charge in [-0.1, -0.05) is 11.3 Å². The molecule has 1 saturated heterocycles. The number of hydrogen-bond acceptors (Lipinski definition) is 5. The van der Waals surface area contributed by atoms with Crippen molar-refractivity contribution in [3.63, 3.8) is 0 Å². The summed E-state index contributed by atoms with van der Waals surface area (Å²) >= 11 is 1.28. The van der Waals surface area contributed by atoms with Crippen molar-refractivity contribution >= 4 is 16.3 Å². The molecule has 1 aliphatic rings. The van der Waals surface area contributed by atoms with Crippen LogP contribution in [-0.2, 0) is 6.54 Å². The Morgan fingerprint density at radius 1 is 1.69 bits per heavy atom. The first-order valence-electron chi connectivity index (χ1n) is 5.32. The van der Waals surface area contributed by atoms with Crippen LogP contribution >= 0.6 is 11.3 Å². The van der Waals surface area contributed by atoms with Gasteiger partial charge in [0.1, 0.15) is 0 Å². The summed E-state index contributed by atoms with van der Waals surface area (Å²) in [6, 6.07) is 4.01. The molecule has 2 heterocycles. The molecule has 88 valence electrons. The van der Waals surface area contributed by atoms with Crippen LogP contribution in [0.2, 0.25) is 0 Å². The lowest BCUT2D eigenvalue weighted by Gasteiger charge is -2.14. The number of likely N-dealkylation sites (tertiary alicyclic amines) is 1. The minimum Gasteiger partial charge on any atom is -0.316 e. The quantitative estimate of drug-likeness (QED) is 0.640. The fourth-order valence-corrected chi connectivity index (χ4v) is 2.84. The number of rotatable bonds is 4. The highest BCUT2D eigenvalue weighted by Gasteiger charge is 2.21. The van der Waals surface area contributed by atoms with Gasteiger partial charge in [-0.2, -0.15) is 0 Å². The van der Waals surface area contributed by atoms with Gasteiger partial charge >= 0.3 is 5.00 Å². The Bertz CT molecular complexity index is 380. The second-order valence-corrected chi connectivity index (χ2v) is 5.15. The third kappa shape index (κ3) is 2.58. The molecule has 1 fully saturated rings. The molecule has 1 unspecified atom stereocenters. The zero-order valence-electron chi connectivity index (χ0n) is 9.18. The van der Waals surface area contributed by atoms with E-state index in [0.29, 0.717) is 6.04 Å². The van der Waals surface area contributed by atoms with Crippen LogP contribution in [0.1, 0.15) is 11.3 Å². The second kappa shape index (κ2) is 4.90. The molecule has 0 radical (unpaired) electrons. The highest BCUT2D eigenvalue weighted by molar-refractivity contribution is 7.15. The number of thiophene rings is 1. The summed E-state index contributed by atoms with van der Waals surface area (Å²) in [4.78, 5) is 13.6. The molecule has 16 heavy (non-hydrogen) atoms. The van der Waals surface area contributed by atoms with Crippen LogP contribution in [0.3, 0.4) is 0 Å². The maximum absolute atomic E-state index is 10.5. The van der Waals surface area contributed by atoms with E-state index >= 15 is 0 Å². The highest BCUT2D eigenvalue weighted by Crippen LogP contribution is 2.26. The molecule has 0 amide bonds. The van der Waals surface area contributed by atoms with E-state index in [-0.39, 0.29) is 9.92 Å². The molecule has 0 spiro atoms. The van der Waals surface area contributed by atoms with Crippen molar-refractivity contribution in [2.24, 2.45) is 0 Å². The largest absolute Gasteiger partial charge is 0.324 e. The van der Waals surface area contributed by atoms with Crippen molar-refractivity contribution in [3.05, 3.63) is 27.1 Å². The average molecular weight is 241 g/mol. The molecule has 2 rings (SSSR count). The molecule has 6 heteroatoms. The molecule has 0 bridgehead atoms. The molecule has 1 aromatic heterocycles. The predicted octanol–water partition coefficient (Wildman–Crippen LogP) is 1.45. The van der Waals surface area contributed by atoms with Gasteiger partial charge in [-0.3, -0.25) is 15.0 Å². The Morgan fingerprint density at radius 2 is 2.50 bits per heavy atom. The lowest BCUT2D eigenvalue weighted by Crippen LogP contribution is -2.29. The van der Waals surface area contributed by atoms with Crippen molar-refractivity contribution in [1.29, 1.82) is 0 Å². The maximum atomic E-state index is 10.5. The first kappa shape index (κ1) is 11.5. The van der Waals surface area contributed by atoms with Gasteiger partial charge in [-0.15, -0.1) is 0 Å². The first-order valence-corrected chi connectivity index (χ1v) is 6.13. The van der Waals surface area contributed by atoms with Gasteiger partial charge in [-0.05, 0) is 19.5 Å². The van der Waals surface area contributed by atoms with Gasteiger partial charge in [0.2, 0.25) is 0 Å². The summed E-state index contributed by atoms with van der Waals surface area (Å²) in [5.74, 6) is 0. The van der Waals surface area contributed by atoms with Crippen LogP contribution in [0.4, 0.5) is 5.00 Å². The molecule has 1 N–H and O–H groups in total. The molecule has 1 atom stereocenters. The normalized spacial score (nSPS) is 21.4. The van der Waals surface area contributed by atoms with Crippen LogP contribution in [0.5, 0.6) is 0 Å². The van der Waals surface area contributed by atoms with E-state index in [9.17, 15) is 10.1 Å². The summed E-state index contributed by atoms with van der Waals surface area (Å²) in [5.41, 5.74) is 0. The zero-order chi connectivity index (χ0) is 11.5. The third-order valence-corrected chi connectivity index (χ3v) is 3.91. The number of likely N-dealkylation sites (N-methyl/N-ethyl adjacent to an activating group) is 1. The van der Waals surface area contributed by atoms with Crippen molar-refractivity contribution in [2.45, 2.75) is 19.0 Å². The number of nitro groups is 1. The van der Waals surface area contributed by atoms with Crippen LogP contribution in [0.25, 0.3) is 0 Å². The van der Waals surface area contributed by atoms with Crippen molar-refractivity contribution in [1.82, 2.24) is 10.2 Å². The van der Waals surface area contributed by atoms with Crippen LogP contribution in [0.15, 0.2) is 12.1 Å². The summed E-state index contributed by atoms with van der Waals surface area (Å²) in [6.07, 6.45) is 1.16. The Morgan fingerprint density at radius 3 is 3.06 bits per heavy atom. The van der Waals surface area contributed by atoms with E-state index in [0.717, 1.165) is 30.9 Å². The van der Waals surface area contributed by atoms with E-state index in [2.05, 4.69) is 10.2 Å². The SMILES string of the molecule is CNC1CCN(Cc2ccc([N+](=O)[O-])s2)C1. The number of hydrogen-bond donors (Lipinski definition) is 1. The highest BCUT2D eigenvalue weighted by atomic mass is 32.1. The van der Waals surface area contributed by atoms with Crippen LogP contribution in [0, 0.1) is 10.1 Å². The molecule has 0 saturated carbocycles. The number of nitrogens with one attached hydrogen (secondary N) is 1. The monoisotopic (exact) mass is 241 g/mol. The fraction of sp³-hybridized carbons (Fsp3) is 0.600. The van der Waals surface area contributed by atoms with E-state index in [4.69, 9.17) is 0 Å². The second-order valence-electron chi connectivity index (χ2n) is 4.01. The molecule has 1 aliphatic heterocycles. The van der Waals surface area contributed by atoms with Crippen molar-refractivity contribution < 1.29 is 4.92 Å². The van der Waals surface area contributed by atoms with Crippen LogP contribution in [-0.4, -0.2) is 36.0 Å². The van der Waals surface area contributed by atoms with E-state index in [1.54, 1.807) is 6.07 Å². The lowest BCUT2D eigenvalue weighted by atomic mass is 10.3. The molecule has 1 aromatic rings. The third-order valence-electron chi connectivity index (χ3n) is 2.89. The van der Waals surface area contributed by atoms with Gasteiger partial charge in [0, 0.05) is 36.6 Å². The Hall–Kier alpha value is -0.980. The summed E-state index contributed by atoms with van der Waals surface area (Å²) in [6.45, 7) is 2.93. The van der Waals surface area contributed by atoms with Gasteiger partial charge in [0.15, 0.2) is 0 Å². The Balaban J connectivity index is 1.92. The molecular weight excluding hydrogens is 226 g/mol. The predicted molar refractivity (Wildman–Crippen MR) is 63.7 cm³/mol. The van der Waals surface area contributed by atoms with Crippen LogP contribution < -0.4 is 5.32 Å². The summed E-state index contributed by atoms with van der Waals surface area (Å²) in [7, 11) is 1.98. The summed E-state index contributed by atoms with van der Waals surface area (Å²) in [5, 5.41) is 14.0. The smallest absolute Gasteiger partial charge is 0.316 e. The molecular formula is C10H15N3O2S. The van der Waals surface area contributed by atoms with Gasteiger partial charge in [0.05, 0.1) is 4.92 Å². The molecule has 5 nitrogen and oxygen atoms in total. The molecule has 0 aromatic carbocycles. The maximum Gasteiger partial charge on any atom is 0.324 e. The standard InChI is InChI=1S/C10H15N3O2S/c1-11-8-4-5-12(6-8)7-9-2-3-10(16-9)13(14)15/h2-3,8,11H,4-7H2,1H3. The Labute approximate surface area is 98.2 Å². The van der Waals surface area contributed by atoms with Gasteiger partial charge < -0.3 is 5.32 Å². The minimum absolute atomic E-state index is 0.236. The van der Waals surface area contributed by atoms with E-state index in [1.165, 1.54) is 11.3 Å². The number of nitrogens with zero attached hydrogens (tertiary/aromatic N) is 2. The van der Waals surface area contributed by atoms with E-state index < -0.39 is 0 Å². The summed E-state index contributed by atoms with van der Waals surface area (Å²) < 4.78 is 0.